The fraction of sp³-hybridized carbons (Fsp3) is 0.263. The summed E-state index contributed by atoms with van der Waals surface area (Å²) in [6.07, 6.45) is 3.63. The van der Waals surface area contributed by atoms with Crippen LogP contribution < -0.4 is 5.32 Å². The minimum Gasteiger partial charge on any atom is -0.481 e. The molecule has 0 saturated heterocycles. The smallest absolute Gasteiger partial charge is 0.307 e. The molecule has 23 heavy (non-hydrogen) atoms. The predicted octanol–water partition coefficient (Wildman–Crippen LogP) is 3.83. The van der Waals surface area contributed by atoms with Gasteiger partial charge in [-0.25, -0.2) is 0 Å². The molecule has 3 rings (SSSR count). The van der Waals surface area contributed by atoms with E-state index < -0.39 is 5.97 Å². The molecular formula is C19H19NO3. The van der Waals surface area contributed by atoms with E-state index in [4.69, 9.17) is 5.11 Å². The zero-order valence-corrected chi connectivity index (χ0v) is 12.8. The van der Waals surface area contributed by atoms with Gasteiger partial charge in [0.15, 0.2) is 0 Å². The topological polar surface area (TPSA) is 66.4 Å². The number of carboxylic acid groups (broad SMARTS) is 1. The van der Waals surface area contributed by atoms with Crippen LogP contribution in [0.5, 0.6) is 0 Å². The maximum Gasteiger partial charge on any atom is 0.307 e. The summed E-state index contributed by atoms with van der Waals surface area (Å²) in [5.41, 5.74) is 3.01. The number of hydrogen-bond donors (Lipinski definition) is 2. The van der Waals surface area contributed by atoms with Gasteiger partial charge in [-0.3, -0.25) is 9.59 Å². The number of carboxylic acids is 1. The number of amides is 1. The van der Waals surface area contributed by atoms with Crippen molar-refractivity contribution in [1.29, 1.82) is 0 Å². The van der Waals surface area contributed by atoms with Crippen molar-refractivity contribution in [2.45, 2.75) is 31.6 Å². The van der Waals surface area contributed by atoms with Gasteiger partial charge >= 0.3 is 5.97 Å². The molecule has 118 valence electrons. The van der Waals surface area contributed by atoms with Crippen molar-refractivity contribution in [1.82, 2.24) is 0 Å². The molecule has 0 atom stereocenters. The molecule has 4 nitrogen and oxygen atoms in total. The van der Waals surface area contributed by atoms with E-state index in [9.17, 15) is 9.59 Å². The summed E-state index contributed by atoms with van der Waals surface area (Å²) in [7, 11) is 0. The van der Waals surface area contributed by atoms with Crippen molar-refractivity contribution in [3.8, 4) is 0 Å². The fourth-order valence-electron chi connectivity index (χ4n) is 2.80. The predicted molar refractivity (Wildman–Crippen MR) is 88.8 cm³/mol. The fourth-order valence-corrected chi connectivity index (χ4v) is 2.80. The van der Waals surface area contributed by atoms with Crippen LogP contribution in [0.1, 0.15) is 46.7 Å². The number of hydrogen-bond acceptors (Lipinski definition) is 2. The largest absolute Gasteiger partial charge is 0.481 e. The van der Waals surface area contributed by atoms with E-state index in [1.807, 2.05) is 24.3 Å². The van der Waals surface area contributed by atoms with Gasteiger partial charge in [0.05, 0.1) is 6.42 Å². The van der Waals surface area contributed by atoms with Crippen LogP contribution in [0.2, 0.25) is 0 Å². The Morgan fingerprint density at radius 3 is 2.35 bits per heavy atom. The Morgan fingerprint density at radius 2 is 1.74 bits per heavy atom. The summed E-state index contributed by atoms with van der Waals surface area (Å²) < 4.78 is 0. The standard InChI is InChI=1S/C19H19NO3/c21-18(22)12-16-4-1-2-7-17(16)20-19(23)15-10-8-14(9-11-15)13-5-3-6-13/h1-2,4,7-11,13H,3,5-6,12H2,(H,20,23)(H,21,22). The average molecular weight is 309 g/mol. The molecule has 0 unspecified atom stereocenters. The molecule has 0 spiro atoms. The second kappa shape index (κ2) is 6.65. The van der Waals surface area contributed by atoms with Gasteiger partial charge < -0.3 is 10.4 Å². The molecule has 0 aliphatic heterocycles. The highest BCUT2D eigenvalue weighted by Gasteiger charge is 2.19. The SMILES string of the molecule is O=C(O)Cc1ccccc1NC(=O)c1ccc(C2CCC2)cc1. The molecule has 1 aliphatic carbocycles. The van der Waals surface area contributed by atoms with E-state index in [1.54, 1.807) is 24.3 Å². The summed E-state index contributed by atoms with van der Waals surface area (Å²) in [5, 5.41) is 11.7. The van der Waals surface area contributed by atoms with Gasteiger partial charge in [-0.1, -0.05) is 36.8 Å². The molecule has 0 radical (unpaired) electrons. The van der Waals surface area contributed by atoms with Crippen molar-refractivity contribution in [3.63, 3.8) is 0 Å². The minimum absolute atomic E-state index is 0.114. The first kappa shape index (κ1) is 15.3. The highest BCUT2D eigenvalue weighted by molar-refractivity contribution is 6.04. The second-order valence-corrected chi connectivity index (χ2v) is 5.93. The lowest BCUT2D eigenvalue weighted by molar-refractivity contribution is -0.136. The third-order valence-electron chi connectivity index (χ3n) is 4.36. The van der Waals surface area contributed by atoms with Gasteiger partial charge in [0.25, 0.3) is 5.91 Å². The van der Waals surface area contributed by atoms with E-state index in [1.165, 1.54) is 24.8 Å². The monoisotopic (exact) mass is 309 g/mol. The zero-order chi connectivity index (χ0) is 16.2. The van der Waals surface area contributed by atoms with Crippen LogP contribution in [-0.4, -0.2) is 17.0 Å². The van der Waals surface area contributed by atoms with Gasteiger partial charge in [0.2, 0.25) is 0 Å². The summed E-state index contributed by atoms with van der Waals surface area (Å²) in [5.74, 6) is -0.497. The summed E-state index contributed by atoms with van der Waals surface area (Å²) >= 11 is 0. The first-order valence-corrected chi connectivity index (χ1v) is 7.84. The third kappa shape index (κ3) is 3.59. The van der Waals surface area contributed by atoms with Crippen LogP contribution in [0, 0.1) is 0 Å². The van der Waals surface area contributed by atoms with E-state index in [2.05, 4.69) is 5.32 Å². The Bertz CT molecular complexity index is 718. The number of rotatable bonds is 5. The normalized spacial score (nSPS) is 14.1. The molecule has 2 N–H and O–H groups in total. The van der Waals surface area contributed by atoms with Crippen molar-refractivity contribution in [3.05, 3.63) is 65.2 Å². The summed E-state index contributed by atoms with van der Waals surface area (Å²) in [6, 6.07) is 14.7. The van der Waals surface area contributed by atoms with Crippen LogP contribution >= 0.6 is 0 Å². The highest BCUT2D eigenvalue weighted by atomic mass is 16.4. The van der Waals surface area contributed by atoms with E-state index >= 15 is 0 Å². The van der Waals surface area contributed by atoms with E-state index in [0.29, 0.717) is 22.7 Å². The van der Waals surface area contributed by atoms with Gasteiger partial charge in [-0.05, 0) is 48.1 Å². The van der Waals surface area contributed by atoms with Gasteiger partial charge in [0.1, 0.15) is 0 Å². The lowest BCUT2D eigenvalue weighted by Crippen LogP contribution is -2.15. The molecule has 1 fully saturated rings. The molecule has 1 amide bonds. The number of anilines is 1. The van der Waals surface area contributed by atoms with Gasteiger partial charge in [-0.15, -0.1) is 0 Å². The van der Waals surface area contributed by atoms with Crippen molar-refractivity contribution in [2.24, 2.45) is 0 Å². The number of aliphatic carboxylic acids is 1. The van der Waals surface area contributed by atoms with Gasteiger partial charge in [0, 0.05) is 11.3 Å². The maximum atomic E-state index is 12.4. The molecule has 4 heteroatoms. The second-order valence-electron chi connectivity index (χ2n) is 5.93. The Kier molecular flexibility index (Phi) is 4.42. The minimum atomic E-state index is -0.920. The van der Waals surface area contributed by atoms with Crippen LogP contribution in [0.3, 0.4) is 0 Å². The number of nitrogens with one attached hydrogen (secondary N) is 1. The Labute approximate surface area is 135 Å². The molecule has 0 aromatic heterocycles. The van der Waals surface area contributed by atoms with E-state index in [-0.39, 0.29) is 12.3 Å². The zero-order valence-electron chi connectivity index (χ0n) is 12.8. The Hall–Kier alpha value is -2.62. The lowest BCUT2D eigenvalue weighted by Gasteiger charge is -2.25. The summed E-state index contributed by atoms with van der Waals surface area (Å²) in [4.78, 5) is 23.3. The number of carbonyl (C=O) groups is 2. The molecular weight excluding hydrogens is 290 g/mol. The highest BCUT2D eigenvalue weighted by Crippen LogP contribution is 2.36. The number of benzene rings is 2. The molecule has 0 heterocycles. The molecule has 1 saturated carbocycles. The van der Waals surface area contributed by atoms with Gasteiger partial charge in [-0.2, -0.15) is 0 Å². The Morgan fingerprint density at radius 1 is 1.04 bits per heavy atom. The van der Waals surface area contributed by atoms with Crippen LogP contribution in [0.4, 0.5) is 5.69 Å². The molecule has 2 aromatic carbocycles. The van der Waals surface area contributed by atoms with Crippen molar-refractivity contribution < 1.29 is 14.7 Å². The molecule has 1 aliphatic rings. The van der Waals surface area contributed by atoms with E-state index in [0.717, 1.165) is 0 Å². The average Bonchev–Trinajstić information content (AvgIpc) is 2.48. The lowest BCUT2D eigenvalue weighted by atomic mass is 9.80. The van der Waals surface area contributed by atoms with Crippen LogP contribution in [0.15, 0.2) is 48.5 Å². The first-order valence-electron chi connectivity index (χ1n) is 7.84. The number of para-hydroxylation sites is 1. The maximum absolute atomic E-state index is 12.4. The van der Waals surface area contributed by atoms with Crippen LogP contribution in [-0.2, 0) is 11.2 Å². The molecule has 2 aromatic rings. The molecule has 0 bridgehead atoms. The third-order valence-corrected chi connectivity index (χ3v) is 4.36. The van der Waals surface area contributed by atoms with Crippen molar-refractivity contribution in [2.75, 3.05) is 5.32 Å². The van der Waals surface area contributed by atoms with Crippen LogP contribution in [0.25, 0.3) is 0 Å². The van der Waals surface area contributed by atoms with Crippen molar-refractivity contribution >= 4 is 17.6 Å². The quantitative estimate of drug-likeness (QED) is 0.882. The summed E-state index contributed by atoms with van der Waals surface area (Å²) in [6.45, 7) is 0. The Balaban J connectivity index is 1.72. The first-order chi connectivity index (χ1) is 11.1. The number of carbonyl (C=O) groups excluding carboxylic acids is 1.